The first-order valence-corrected chi connectivity index (χ1v) is 11.5. The van der Waals surface area contributed by atoms with Crippen molar-refractivity contribution in [2.24, 2.45) is 0 Å². The summed E-state index contributed by atoms with van der Waals surface area (Å²) < 4.78 is 0. The van der Waals surface area contributed by atoms with Gasteiger partial charge in [-0.3, -0.25) is 9.69 Å². The molecule has 1 amide bonds. The zero-order valence-corrected chi connectivity index (χ0v) is 18.2. The number of benzene rings is 1. The Morgan fingerprint density at radius 2 is 1.64 bits per heavy atom. The van der Waals surface area contributed by atoms with Crippen LogP contribution in [0.2, 0.25) is 0 Å². The Labute approximate surface area is 195 Å². The predicted octanol–water partition coefficient (Wildman–Crippen LogP) is 2.83. The number of hydrogen-bond donors (Lipinski definition) is 1. The number of nitrogens with zero attached hydrogens (tertiary/aromatic N) is 5. The van der Waals surface area contributed by atoms with Crippen LogP contribution < -0.4 is 4.90 Å². The number of amides is 1. The standard InChI is InChI=1S/C24H29N5O3.CH4/c30-22(19-14-25-24(26-15-19)29-10-3-6-21(29)23(31)32)27-12-8-20(9-13-27)28-11-7-17-4-1-2-5-18(17)16-28;/h1-2,4-5,14-15,20-21H,3,6-13,16H2,(H,31,32);1H4/t21-;/m1./s1. The summed E-state index contributed by atoms with van der Waals surface area (Å²) in [7, 11) is 0. The molecule has 0 saturated carbocycles. The van der Waals surface area contributed by atoms with Gasteiger partial charge in [-0.1, -0.05) is 31.7 Å². The van der Waals surface area contributed by atoms with E-state index in [1.807, 2.05) is 4.90 Å². The van der Waals surface area contributed by atoms with Gasteiger partial charge in [0.2, 0.25) is 5.95 Å². The van der Waals surface area contributed by atoms with Crippen LogP contribution in [0.15, 0.2) is 36.7 Å². The van der Waals surface area contributed by atoms with Crippen molar-refractivity contribution >= 4 is 17.8 Å². The summed E-state index contributed by atoms with van der Waals surface area (Å²) in [6.45, 7) is 4.17. The number of anilines is 1. The number of fused-ring (bicyclic) bond motifs is 1. The highest BCUT2D eigenvalue weighted by Gasteiger charge is 2.33. The molecule has 1 aromatic heterocycles. The number of carbonyl (C=O) groups is 2. The molecule has 4 heterocycles. The minimum Gasteiger partial charge on any atom is -0.480 e. The van der Waals surface area contributed by atoms with Crippen LogP contribution in [-0.4, -0.2) is 75.0 Å². The number of carboxylic acids is 1. The first-order chi connectivity index (χ1) is 15.6. The number of aliphatic carboxylic acids is 1. The molecule has 176 valence electrons. The molecule has 0 bridgehead atoms. The third kappa shape index (κ3) is 4.71. The second kappa shape index (κ2) is 9.87. The molecule has 0 aliphatic carbocycles. The number of likely N-dealkylation sites (tertiary alicyclic amines) is 1. The van der Waals surface area contributed by atoms with Gasteiger partial charge in [0.1, 0.15) is 6.04 Å². The predicted molar refractivity (Wildman–Crippen MR) is 126 cm³/mol. The Kier molecular flexibility index (Phi) is 6.93. The molecule has 1 aromatic carbocycles. The van der Waals surface area contributed by atoms with Gasteiger partial charge in [0, 0.05) is 51.2 Å². The van der Waals surface area contributed by atoms with Gasteiger partial charge in [0.05, 0.1) is 5.56 Å². The lowest BCUT2D eigenvalue weighted by molar-refractivity contribution is -0.138. The van der Waals surface area contributed by atoms with E-state index >= 15 is 0 Å². The highest BCUT2D eigenvalue weighted by molar-refractivity contribution is 5.93. The molecule has 2 aromatic rings. The molecule has 1 N–H and O–H groups in total. The summed E-state index contributed by atoms with van der Waals surface area (Å²) in [6.07, 6.45) is 7.52. The Morgan fingerprint density at radius 3 is 2.33 bits per heavy atom. The van der Waals surface area contributed by atoms with Crippen LogP contribution in [0.25, 0.3) is 0 Å². The fourth-order valence-corrected chi connectivity index (χ4v) is 5.29. The lowest BCUT2D eigenvalue weighted by Crippen LogP contribution is -2.48. The molecule has 0 unspecified atom stereocenters. The van der Waals surface area contributed by atoms with Gasteiger partial charge in [0.25, 0.3) is 5.91 Å². The van der Waals surface area contributed by atoms with Crippen LogP contribution in [0.4, 0.5) is 5.95 Å². The first-order valence-electron chi connectivity index (χ1n) is 11.5. The average Bonchev–Trinajstić information content (AvgIpc) is 3.34. The summed E-state index contributed by atoms with van der Waals surface area (Å²) in [5, 5.41) is 9.36. The maximum absolute atomic E-state index is 13.0. The fourth-order valence-electron chi connectivity index (χ4n) is 5.29. The number of rotatable bonds is 4. The third-order valence-electron chi connectivity index (χ3n) is 7.11. The maximum atomic E-state index is 13.0. The molecule has 8 heteroatoms. The lowest BCUT2D eigenvalue weighted by Gasteiger charge is -2.40. The highest BCUT2D eigenvalue weighted by atomic mass is 16.4. The van der Waals surface area contributed by atoms with E-state index < -0.39 is 12.0 Å². The molecule has 1 atom stereocenters. The van der Waals surface area contributed by atoms with E-state index in [1.54, 1.807) is 4.90 Å². The Balaban J connectivity index is 0.00000259. The summed E-state index contributed by atoms with van der Waals surface area (Å²) in [6, 6.07) is 8.61. The van der Waals surface area contributed by atoms with E-state index in [0.29, 0.717) is 30.5 Å². The molecular weight excluding hydrogens is 418 g/mol. The second-order valence-electron chi connectivity index (χ2n) is 8.97. The normalized spacial score (nSPS) is 21.4. The lowest BCUT2D eigenvalue weighted by atomic mass is 9.95. The van der Waals surface area contributed by atoms with Gasteiger partial charge in [-0.15, -0.1) is 0 Å². The largest absolute Gasteiger partial charge is 0.480 e. The van der Waals surface area contributed by atoms with Crippen LogP contribution in [0, 0.1) is 0 Å². The zero-order valence-electron chi connectivity index (χ0n) is 18.2. The molecule has 3 aliphatic rings. The van der Waals surface area contributed by atoms with Gasteiger partial charge < -0.3 is 14.9 Å². The van der Waals surface area contributed by atoms with E-state index in [0.717, 1.165) is 51.9 Å². The van der Waals surface area contributed by atoms with Gasteiger partial charge in [0.15, 0.2) is 0 Å². The van der Waals surface area contributed by atoms with E-state index in [2.05, 4.69) is 39.1 Å². The summed E-state index contributed by atoms with van der Waals surface area (Å²) in [4.78, 5) is 39.2. The molecule has 3 aliphatic heterocycles. The monoisotopic (exact) mass is 451 g/mol. The number of carboxylic acid groups (broad SMARTS) is 1. The van der Waals surface area contributed by atoms with Crippen molar-refractivity contribution in [3.8, 4) is 0 Å². The summed E-state index contributed by atoms with van der Waals surface area (Å²) >= 11 is 0. The van der Waals surface area contributed by atoms with Crippen molar-refractivity contribution in [2.75, 3.05) is 31.1 Å². The van der Waals surface area contributed by atoms with Gasteiger partial charge in [-0.05, 0) is 43.2 Å². The van der Waals surface area contributed by atoms with Crippen LogP contribution in [0.3, 0.4) is 0 Å². The smallest absolute Gasteiger partial charge is 0.326 e. The van der Waals surface area contributed by atoms with Crippen LogP contribution in [0.1, 0.15) is 54.6 Å². The van der Waals surface area contributed by atoms with Crippen molar-refractivity contribution in [2.45, 2.75) is 58.2 Å². The Bertz CT molecular complexity index is 988. The van der Waals surface area contributed by atoms with Gasteiger partial charge in [-0.2, -0.15) is 0 Å². The Morgan fingerprint density at radius 1 is 0.939 bits per heavy atom. The van der Waals surface area contributed by atoms with Gasteiger partial charge in [-0.25, -0.2) is 14.8 Å². The van der Waals surface area contributed by atoms with E-state index in [1.165, 1.54) is 23.5 Å². The topological polar surface area (TPSA) is 89.9 Å². The number of aromatic nitrogens is 2. The van der Waals surface area contributed by atoms with E-state index in [4.69, 9.17) is 0 Å². The van der Waals surface area contributed by atoms with Crippen molar-refractivity contribution < 1.29 is 14.7 Å². The molecule has 33 heavy (non-hydrogen) atoms. The molecule has 0 spiro atoms. The number of carbonyl (C=O) groups excluding carboxylic acids is 1. The van der Waals surface area contributed by atoms with Crippen molar-refractivity contribution in [1.29, 1.82) is 0 Å². The fraction of sp³-hybridized carbons (Fsp3) is 0.520. The van der Waals surface area contributed by atoms with Crippen molar-refractivity contribution in [3.05, 3.63) is 53.3 Å². The third-order valence-corrected chi connectivity index (χ3v) is 7.11. The first kappa shape index (κ1) is 23.2. The molecule has 2 saturated heterocycles. The quantitative estimate of drug-likeness (QED) is 0.764. The number of piperidine rings is 1. The SMILES string of the molecule is C.O=C(O)[C@H]1CCCN1c1ncc(C(=O)N2CCC(N3CCc4ccccc4C3)CC2)cn1. The highest BCUT2D eigenvalue weighted by Crippen LogP contribution is 2.26. The molecular formula is C25H33N5O3. The summed E-state index contributed by atoms with van der Waals surface area (Å²) in [5.74, 6) is -0.517. The molecule has 5 rings (SSSR count). The van der Waals surface area contributed by atoms with Gasteiger partial charge >= 0.3 is 5.97 Å². The second-order valence-corrected chi connectivity index (χ2v) is 8.97. The van der Waals surface area contributed by atoms with Crippen LogP contribution in [0.5, 0.6) is 0 Å². The van der Waals surface area contributed by atoms with Crippen molar-refractivity contribution in [3.63, 3.8) is 0 Å². The average molecular weight is 452 g/mol. The maximum Gasteiger partial charge on any atom is 0.326 e. The van der Waals surface area contributed by atoms with E-state index in [-0.39, 0.29) is 13.3 Å². The van der Waals surface area contributed by atoms with Crippen molar-refractivity contribution in [1.82, 2.24) is 19.8 Å². The zero-order chi connectivity index (χ0) is 22.1. The molecule has 0 radical (unpaired) electrons. The minimum atomic E-state index is -0.855. The molecule has 2 fully saturated rings. The van der Waals surface area contributed by atoms with Crippen LogP contribution in [-0.2, 0) is 17.8 Å². The number of hydrogen-bond acceptors (Lipinski definition) is 6. The minimum absolute atomic E-state index is 0. The van der Waals surface area contributed by atoms with E-state index in [9.17, 15) is 14.7 Å². The van der Waals surface area contributed by atoms with Crippen LogP contribution >= 0.6 is 0 Å². The summed E-state index contributed by atoms with van der Waals surface area (Å²) in [5.41, 5.74) is 3.35. The Hall–Kier alpha value is -3.00. The molecule has 8 nitrogen and oxygen atoms in total.